The van der Waals surface area contributed by atoms with Crippen molar-refractivity contribution in [1.29, 1.82) is 0 Å². The summed E-state index contributed by atoms with van der Waals surface area (Å²) in [5, 5.41) is 8.22. The number of hydrogen-bond donors (Lipinski definition) is 0. The van der Waals surface area contributed by atoms with Gasteiger partial charge >= 0.3 is 6.03 Å². The third-order valence-corrected chi connectivity index (χ3v) is 6.64. The van der Waals surface area contributed by atoms with Crippen molar-refractivity contribution in [3.8, 4) is 0 Å². The number of pyridine rings is 1. The van der Waals surface area contributed by atoms with Crippen LogP contribution in [0.3, 0.4) is 0 Å². The molecule has 1 saturated heterocycles. The summed E-state index contributed by atoms with van der Waals surface area (Å²) < 4.78 is 4.73. The van der Waals surface area contributed by atoms with Gasteiger partial charge in [0, 0.05) is 38.4 Å². The number of fused-ring (bicyclic) bond motifs is 1. The normalized spacial score (nSPS) is 14.0. The molecule has 1 aliphatic heterocycles. The van der Waals surface area contributed by atoms with Crippen LogP contribution < -0.4 is 4.90 Å². The largest absolute Gasteiger partial charge is 0.326 e. The predicted molar refractivity (Wildman–Crippen MR) is 119 cm³/mol. The van der Waals surface area contributed by atoms with Crippen LogP contribution in [-0.2, 0) is 13.0 Å². The Morgan fingerprint density at radius 1 is 1.16 bits per heavy atom. The average Bonchev–Trinajstić information content (AvgIpc) is 3.52. The van der Waals surface area contributed by atoms with E-state index < -0.39 is 0 Å². The molecule has 0 N–H and O–H groups in total. The van der Waals surface area contributed by atoms with Crippen LogP contribution in [0, 0.1) is 6.92 Å². The number of thiazole rings is 1. The minimum Gasteiger partial charge on any atom is -0.318 e. The molecule has 1 aliphatic rings. The van der Waals surface area contributed by atoms with E-state index in [-0.39, 0.29) is 11.8 Å². The zero-order valence-electron chi connectivity index (χ0n) is 17.4. The molecular formula is C22H20N6O3S. The van der Waals surface area contributed by atoms with Crippen molar-refractivity contribution in [1.82, 2.24) is 25.2 Å². The molecule has 1 aromatic carbocycles. The van der Waals surface area contributed by atoms with Crippen molar-refractivity contribution in [3.05, 3.63) is 64.4 Å². The van der Waals surface area contributed by atoms with Gasteiger partial charge in [0.15, 0.2) is 10.9 Å². The number of carbonyl (C=O) groups excluding carboxylic acids is 2. The monoisotopic (exact) mass is 448 g/mol. The zero-order valence-corrected chi connectivity index (χ0v) is 18.2. The fraction of sp³-hybridized carbons (Fsp3) is 0.273. The molecule has 0 radical (unpaired) electrons. The lowest BCUT2D eigenvalue weighted by atomic mass is 10.1. The van der Waals surface area contributed by atoms with E-state index in [2.05, 4.69) is 20.3 Å². The van der Waals surface area contributed by atoms with E-state index in [1.165, 1.54) is 11.3 Å². The lowest BCUT2D eigenvalue weighted by molar-refractivity contribution is 0.0986. The van der Waals surface area contributed by atoms with Crippen LogP contribution in [0.25, 0.3) is 11.0 Å². The first-order chi connectivity index (χ1) is 15.6. The first-order valence-electron chi connectivity index (χ1n) is 10.3. The van der Waals surface area contributed by atoms with Crippen molar-refractivity contribution in [3.63, 3.8) is 0 Å². The lowest BCUT2D eigenvalue weighted by Gasteiger charge is -2.16. The van der Waals surface area contributed by atoms with Crippen molar-refractivity contribution in [2.24, 2.45) is 0 Å². The summed E-state index contributed by atoms with van der Waals surface area (Å²) in [5.74, 6) is 0.0353. The molecule has 0 spiro atoms. The first-order valence-corrected chi connectivity index (χ1v) is 11.1. The SMILES string of the molecule is Cc1nc(N2CCN(Cc3ccc4nonc4c3)C2=O)sc1C(=O)CCc1cccnc1. The summed E-state index contributed by atoms with van der Waals surface area (Å²) in [7, 11) is 0. The number of carbonyl (C=O) groups is 2. The number of rotatable bonds is 7. The maximum absolute atomic E-state index is 13.0. The third-order valence-electron chi connectivity index (χ3n) is 5.42. The van der Waals surface area contributed by atoms with E-state index in [1.54, 1.807) is 22.2 Å². The van der Waals surface area contributed by atoms with Gasteiger partial charge in [-0.1, -0.05) is 23.5 Å². The summed E-state index contributed by atoms with van der Waals surface area (Å²) >= 11 is 1.29. The second-order valence-electron chi connectivity index (χ2n) is 7.64. The van der Waals surface area contributed by atoms with E-state index in [1.807, 2.05) is 37.3 Å². The molecule has 2 amide bonds. The molecule has 0 unspecified atom stereocenters. The van der Waals surface area contributed by atoms with Crippen molar-refractivity contribution in [2.45, 2.75) is 26.3 Å². The van der Waals surface area contributed by atoms with Gasteiger partial charge in [-0.2, -0.15) is 0 Å². The molecule has 0 aliphatic carbocycles. The molecule has 0 saturated carbocycles. The fourth-order valence-electron chi connectivity index (χ4n) is 3.73. The van der Waals surface area contributed by atoms with Gasteiger partial charge in [0.05, 0.1) is 10.6 Å². The Bertz CT molecular complexity index is 1290. The number of aromatic nitrogens is 4. The molecule has 9 nitrogen and oxygen atoms in total. The van der Waals surface area contributed by atoms with Crippen LogP contribution in [0.5, 0.6) is 0 Å². The Kier molecular flexibility index (Phi) is 5.36. The topological polar surface area (TPSA) is 105 Å². The third kappa shape index (κ3) is 3.96. The van der Waals surface area contributed by atoms with Crippen LogP contribution >= 0.6 is 11.3 Å². The number of anilines is 1. The highest BCUT2D eigenvalue weighted by Gasteiger charge is 2.32. The van der Waals surface area contributed by atoms with E-state index >= 15 is 0 Å². The van der Waals surface area contributed by atoms with Crippen LogP contribution in [0.2, 0.25) is 0 Å². The van der Waals surface area contributed by atoms with Crippen molar-refractivity contribution >= 4 is 39.3 Å². The number of Topliss-reactive ketones (excluding diaryl/α,β-unsaturated/α-hetero) is 1. The van der Waals surface area contributed by atoms with Gasteiger partial charge in [0.2, 0.25) is 0 Å². The van der Waals surface area contributed by atoms with E-state index in [9.17, 15) is 9.59 Å². The molecule has 4 aromatic rings. The first kappa shape index (κ1) is 20.3. The molecule has 32 heavy (non-hydrogen) atoms. The highest BCUT2D eigenvalue weighted by molar-refractivity contribution is 7.17. The molecule has 1 fully saturated rings. The molecule has 4 heterocycles. The van der Waals surface area contributed by atoms with Gasteiger partial charge in [-0.05, 0) is 53.0 Å². The highest BCUT2D eigenvalue weighted by atomic mass is 32.1. The van der Waals surface area contributed by atoms with Crippen LogP contribution in [0.15, 0.2) is 47.4 Å². The molecular weight excluding hydrogens is 428 g/mol. The Hall–Kier alpha value is -3.66. The average molecular weight is 449 g/mol. The minimum atomic E-state index is -0.119. The van der Waals surface area contributed by atoms with Crippen molar-refractivity contribution in [2.75, 3.05) is 18.0 Å². The summed E-state index contributed by atoms with van der Waals surface area (Å²) in [5.41, 5.74) is 3.98. The molecule has 5 rings (SSSR count). The smallest absolute Gasteiger partial charge is 0.318 e. The van der Waals surface area contributed by atoms with Gasteiger partial charge < -0.3 is 4.90 Å². The van der Waals surface area contributed by atoms with E-state index in [0.717, 1.165) is 11.1 Å². The molecule has 10 heteroatoms. The van der Waals surface area contributed by atoms with Crippen LogP contribution in [0.1, 0.15) is 32.9 Å². The van der Waals surface area contributed by atoms with Gasteiger partial charge in [0.25, 0.3) is 0 Å². The number of nitrogens with zero attached hydrogens (tertiary/aromatic N) is 6. The fourth-order valence-corrected chi connectivity index (χ4v) is 4.78. The summed E-state index contributed by atoms with van der Waals surface area (Å²) in [4.78, 5) is 38.4. The molecule has 0 atom stereocenters. The zero-order chi connectivity index (χ0) is 22.1. The van der Waals surface area contributed by atoms with E-state index in [0.29, 0.717) is 59.2 Å². The predicted octanol–water partition coefficient (Wildman–Crippen LogP) is 3.64. The minimum absolute atomic E-state index is 0.0353. The maximum Gasteiger partial charge on any atom is 0.326 e. The number of benzene rings is 1. The van der Waals surface area contributed by atoms with Crippen molar-refractivity contribution < 1.29 is 14.2 Å². The van der Waals surface area contributed by atoms with E-state index in [4.69, 9.17) is 4.63 Å². The molecule has 3 aromatic heterocycles. The lowest BCUT2D eigenvalue weighted by Crippen LogP contribution is -2.31. The number of amides is 2. The number of hydrogen-bond acceptors (Lipinski definition) is 8. The Labute approximate surface area is 187 Å². The quantitative estimate of drug-likeness (QED) is 0.397. The number of aryl methyl sites for hydroxylation is 2. The standard InChI is InChI=1S/C22H20N6O3S/c1-14-20(19(29)7-5-15-3-2-8-23-12-15)32-21(24-14)28-10-9-27(22(28)30)13-16-4-6-17-18(11-16)26-31-25-17/h2-4,6,8,11-12H,5,7,9-10,13H2,1H3. The summed E-state index contributed by atoms with van der Waals surface area (Å²) in [6.45, 7) is 3.38. The van der Waals surface area contributed by atoms with Crippen LogP contribution in [-0.4, -0.2) is 50.1 Å². The number of ketones is 1. The summed E-state index contributed by atoms with van der Waals surface area (Å²) in [6.07, 6.45) is 4.49. The summed E-state index contributed by atoms with van der Waals surface area (Å²) in [6, 6.07) is 9.31. The maximum atomic E-state index is 13.0. The Morgan fingerprint density at radius 3 is 2.88 bits per heavy atom. The van der Waals surface area contributed by atoms with Crippen LogP contribution in [0.4, 0.5) is 9.93 Å². The van der Waals surface area contributed by atoms with Gasteiger partial charge in [0.1, 0.15) is 11.0 Å². The molecule has 0 bridgehead atoms. The second-order valence-corrected chi connectivity index (χ2v) is 8.62. The Balaban J connectivity index is 1.26. The van der Waals surface area contributed by atoms with Gasteiger partial charge in [-0.15, -0.1) is 0 Å². The highest BCUT2D eigenvalue weighted by Crippen LogP contribution is 2.30. The Morgan fingerprint density at radius 2 is 2.03 bits per heavy atom. The molecule has 162 valence electrons. The van der Waals surface area contributed by atoms with Gasteiger partial charge in [-0.25, -0.2) is 14.4 Å². The number of urea groups is 1. The van der Waals surface area contributed by atoms with Gasteiger partial charge in [-0.3, -0.25) is 14.7 Å². The second kappa shape index (κ2) is 8.46.